The first kappa shape index (κ1) is 42.6. The van der Waals surface area contributed by atoms with Crippen molar-refractivity contribution in [3.8, 4) is 11.5 Å². The maximum absolute atomic E-state index is 7.55. The minimum Gasteiger partial charge on any atom is -0.458 e. The molecule has 0 N–H and O–H groups in total. The van der Waals surface area contributed by atoms with Crippen LogP contribution in [0.15, 0.2) is 206 Å². The van der Waals surface area contributed by atoms with E-state index in [0.717, 1.165) is 51.3 Å². The first-order chi connectivity index (χ1) is 33.7. The van der Waals surface area contributed by atoms with Gasteiger partial charge < -0.3 is 19.4 Å². The molecule has 3 aliphatic heterocycles. The topological polar surface area (TPSA) is 19.0 Å². The minimum atomic E-state index is -0.100. The molecule has 0 atom stereocenters. The van der Waals surface area contributed by atoms with Gasteiger partial charge in [0.25, 0.3) is 6.71 Å². The number of hydrogen-bond donors (Lipinski definition) is 0. The molecule has 0 bridgehead atoms. The van der Waals surface area contributed by atoms with E-state index < -0.39 is 0 Å². The number of nitrogens with zero attached hydrogens (tertiary/aromatic N) is 3. The number of para-hydroxylation sites is 6. The molecule has 334 valence electrons. The van der Waals surface area contributed by atoms with Crippen LogP contribution in [0.1, 0.15) is 76.0 Å². The molecule has 4 nitrogen and oxygen atoms in total. The predicted molar refractivity (Wildman–Crippen MR) is 295 cm³/mol. The van der Waals surface area contributed by atoms with E-state index in [0.29, 0.717) is 17.8 Å². The van der Waals surface area contributed by atoms with E-state index in [1.165, 1.54) is 60.8 Å². The number of ether oxygens (including phenoxy) is 1. The molecule has 0 unspecified atom stereocenters. The molecular formula is C63H55B2N3O. The fourth-order valence-electron chi connectivity index (χ4n) is 11.5. The van der Waals surface area contributed by atoms with Crippen LogP contribution in [0.2, 0.25) is 0 Å². The van der Waals surface area contributed by atoms with Crippen molar-refractivity contribution in [2.45, 2.75) is 59.3 Å². The van der Waals surface area contributed by atoms with Crippen molar-refractivity contribution in [2.75, 3.05) is 14.7 Å². The molecular weight excluding hydrogens is 836 g/mol. The fraction of sp³-hybridized carbons (Fsp3) is 0.143. The van der Waals surface area contributed by atoms with Crippen LogP contribution in [-0.4, -0.2) is 13.4 Å². The van der Waals surface area contributed by atoms with Gasteiger partial charge in [0.1, 0.15) is 11.5 Å². The highest BCUT2D eigenvalue weighted by Gasteiger charge is 2.46. The lowest BCUT2D eigenvalue weighted by molar-refractivity contribution is 0.488. The van der Waals surface area contributed by atoms with Gasteiger partial charge in [-0.1, -0.05) is 174 Å². The number of rotatable bonds is 9. The molecule has 3 aliphatic rings. The van der Waals surface area contributed by atoms with Gasteiger partial charge in [-0.2, -0.15) is 0 Å². The normalized spacial score (nSPS) is 13.2. The molecule has 0 saturated heterocycles. The number of hydrogen-bond acceptors (Lipinski definition) is 4. The zero-order valence-corrected chi connectivity index (χ0v) is 40.3. The Balaban J connectivity index is 1.16. The summed E-state index contributed by atoms with van der Waals surface area (Å²) in [6, 6.07) is 75.9. The van der Waals surface area contributed by atoms with Crippen LogP contribution >= 0.6 is 0 Å². The van der Waals surface area contributed by atoms with E-state index in [1.807, 2.05) is 0 Å². The van der Waals surface area contributed by atoms with Crippen molar-refractivity contribution < 1.29 is 4.74 Å². The summed E-state index contributed by atoms with van der Waals surface area (Å²) in [5.74, 6) is 2.81. The van der Waals surface area contributed by atoms with Gasteiger partial charge in [-0.15, -0.1) is 0 Å². The van der Waals surface area contributed by atoms with Gasteiger partial charge >= 0.3 is 0 Å². The smallest absolute Gasteiger partial charge is 0.256 e. The summed E-state index contributed by atoms with van der Waals surface area (Å²) in [4.78, 5) is 7.28. The zero-order chi connectivity index (χ0) is 46.9. The molecule has 0 amide bonds. The maximum Gasteiger partial charge on any atom is 0.256 e. The minimum absolute atomic E-state index is 0.0225. The standard InChI is InChI=1S/C63H55B2N3O/c1-41(2)44-35-50(42(3)4)62(51(36-44)43(5)6)64-52-31-19-21-33-56(52)67(47-27-15-9-16-28-47)58-40-60-55(39-54(58)64)65-53-32-20-22-34-57(53)68(48-29-17-10-18-30-48)59-37-49(38-61(69-60)63(59)65)66(45-23-11-7-12-24-45)46-25-13-8-14-26-46/h7-43H,1-6H3. The van der Waals surface area contributed by atoms with Crippen LogP contribution < -0.4 is 52.2 Å². The maximum atomic E-state index is 7.55. The van der Waals surface area contributed by atoms with Crippen molar-refractivity contribution >= 4 is 97.4 Å². The van der Waals surface area contributed by atoms with Gasteiger partial charge in [-0.05, 0) is 128 Å². The largest absolute Gasteiger partial charge is 0.458 e. The molecule has 12 rings (SSSR count). The number of fused-ring (bicyclic) bond motifs is 6. The lowest BCUT2D eigenvalue weighted by Gasteiger charge is -2.43. The zero-order valence-electron chi connectivity index (χ0n) is 40.3. The van der Waals surface area contributed by atoms with E-state index in [-0.39, 0.29) is 13.4 Å². The van der Waals surface area contributed by atoms with Crippen molar-refractivity contribution in [2.24, 2.45) is 0 Å². The molecule has 3 heterocycles. The third-order valence-corrected chi connectivity index (χ3v) is 14.6. The Kier molecular flexibility index (Phi) is 10.6. The SMILES string of the molecule is CC(C)c1cc(C(C)C)c(B2c3ccccc3N(c3ccccc3)c3cc4c(cc32)B2c3ccccc3N(c3ccccc3)c3cc(N(c5ccccc5)c5ccccc5)cc(c32)O4)c(C(C)C)c1. The lowest BCUT2D eigenvalue weighted by Crippen LogP contribution is -2.63. The fourth-order valence-corrected chi connectivity index (χ4v) is 11.5. The van der Waals surface area contributed by atoms with Crippen LogP contribution in [0.5, 0.6) is 11.5 Å². The number of benzene rings is 9. The van der Waals surface area contributed by atoms with Crippen molar-refractivity contribution in [1.82, 2.24) is 0 Å². The van der Waals surface area contributed by atoms with Gasteiger partial charge in [0.05, 0.1) is 5.69 Å². The van der Waals surface area contributed by atoms with Gasteiger partial charge in [-0.3, -0.25) is 0 Å². The Morgan fingerprint density at radius 3 is 1.33 bits per heavy atom. The highest BCUT2D eigenvalue weighted by atomic mass is 16.5. The third kappa shape index (κ3) is 7.07. The Bertz CT molecular complexity index is 3310. The second-order valence-corrected chi connectivity index (χ2v) is 19.8. The van der Waals surface area contributed by atoms with Gasteiger partial charge in [-0.25, -0.2) is 0 Å². The highest BCUT2D eigenvalue weighted by Crippen LogP contribution is 2.47. The lowest BCUT2D eigenvalue weighted by atomic mass is 9.30. The molecule has 6 heteroatoms. The first-order valence-corrected chi connectivity index (χ1v) is 24.7. The third-order valence-electron chi connectivity index (χ3n) is 14.6. The van der Waals surface area contributed by atoms with Gasteiger partial charge in [0.2, 0.25) is 6.71 Å². The second kappa shape index (κ2) is 17.1. The van der Waals surface area contributed by atoms with Gasteiger partial charge in [0, 0.05) is 57.6 Å². The summed E-state index contributed by atoms with van der Waals surface area (Å²) >= 11 is 0. The molecule has 0 aliphatic carbocycles. The quantitative estimate of drug-likeness (QED) is 0.134. The first-order valence-electron chi connectivity index (χ1n) is 24.7. The predicted octanol–water partition coefficient (Wildman–Crippen LogP) is 13.2. The number of anilines is 9. The van der Waals surface area contributed by atoms with Crippen molar-refractivity contribution in [3.63, 3.8) is 0 Å². The molecule has 0 fully saturated rings. The van der Waals surface area contributed by atoms with Crippen LogP contribution in [0, 0.1) is 0 Å². The summed E-state index contributed by atoms with van der Waals surface area (Å²) < 4.78 is 7.55. The van der Waals surface area contributed by atoms with Crippen molar-refractivity contribution in [3.05, 3.63) is 223 Å². The van der Waals surface area contributed by atoms with E-state index >= 15 is 0 Å². The molecule has 69 heavy (non-hydrogen) atoms. The van der Waals surface area contributed by atoms with E-state index in [9.17, 15) is 0 Å². The van der Waals surface area contributed by atoms with Crippen LogP contribution in [0.3, 0.4) is 0 Å². The second-order valence-electron chi connectivity index (χ2n) is 19.8. The van der Waals surface area contributed by atoms with Crippen molar-refractivity contribution in [1.29, 1.82) is 0 Å². The molecule has 9 aromatic carbocycles. The Hall–Kier alpha value is -7.69. The average Bonchev–Trinajstić information content (AvgIpc) is 3.38. The van der Waals surface area contributed by atoms with Crippen LogP contribution in [0.25, 0.3) is 0 Å². The Morgan fingerprint density at radius 2 is 0.826 bits per heavy atom. The molecule has 9 aromatic rings. The average molecular weight is 892 g/mol. The molecule has 0 saturated carbocycles. The summed E-state index contributed by atoms with van der Waals surface area (Å²) in [5, 5.41) is 0. The molecule has 0 radical (unpaired) electrons. The monoisotopic (exact) mass is 891 g/mol. The Labute approximate surface area is 408 Å². The summed E-state index contributed by atoms with van der Waals surface area (Å²) in [5.41, 5.74) is 22.0. The Morgan fingerprint density at radius 1 is 0.362 bits per heavy atom. The highest BCUT2D eigenvalue weighted by molar-refractivity contribution is 7.01. The van der Waals surface area contributed by atoms with Gasteiger partial charge in [0.15, 0.2) is 0 Å². The molecule has 0 aromatic heterocycles. The van der Waals surface area contributed by atoms with E-state index in [2.05, 4.69) is 262 Å². The van der Waals surface area contributed by atoms with Crippen LogP contribution in [-0.2, 0) is 0 Å². The summed E-state index contributed by atoms with van der Waals surface area (Å²) in [6.07, 6.45) is 0. The molecule has 0 spiro atoms. The summed E-state index contributed by atoms with van der Waals surface area (Å²) in [7, 11) is 0. The van der Waals surface area contributed by atoms with E-state index in [4.69, 9.17) is 4.74 Å². The van der Waals surface area contributed by atoms with Crippen LogP contribution in [0.4, 0.5) is 51.2 Å². The summed E-state index contributed by atoms with van der Waals surface area (Å²) in [6.45, 7) is 14.0. The van der Waals surface area contributed by atoms with E-state index in [1.54, 1.807) is 0 Å².